The van der Waals surface area contributed by atoms with Crippen LogP contribution in [-0.4, -0.2) is 18.2 Å². The SMILES string of the molecule is COc1c(CC(=O)O)cc(Br)cc1C(F)(F)F. The van der Waals surface area contributed by atoms with E-state index in [0.29, 0.717) is 0 Å². The molecule has 0 saturated heterocycles. The van der Waals surface area contributed by atoms with Gasteiger partial charge in [-0.15, -0.1) is 0 Å². The third-order valence-electron chi connectivity index (χ3n) is 1.98. The second-order valence-electron chi connectivity index (χ2n) is 3.21. The van der Waals surface area contributed by atoms with Gasteiger partial charge in [-0.05, 0) is 12.1 Å². The first-order valence-corrected chi connectivity index (χ1v) is 5.20. The minimum Gasteiger partial charge on any atom is -0.496 e. The smallest absolute Gasteiger partial charge is 0.420 e. The molecule has 0 saturated carbocycles. The average molecular weight is 313 g/mol. The van der Waals surface area contributed by atoms with Gasteiger partial charge in [-0.25, -0.2) is 0 Å². The van der Waals surface area contributed by atoms with Gasteiger partial charge in [0.1, 0.15) is 5.75 Å². The fraction of sp³-hybridized carbons (Fsp3) is 0.300. The number of carbonyl (C=O) groups is 1. The predicted octanol–water partition coefficient (Wildman–Crippen LogP) is 3.10. The molecule has 1 N–H and O–H groups in total. The van der Waals surface area contributed by atoms with Crippen LogP contribution in [-0.2, 0) is 17.4 Å². The first-order chi connectivity index (χ1) is 7.75. The Balaban J connectivity index is 3.40. The molecule has 1 aromatic rings. The van der Waals surface area contributed by atoms with Gasteiger partial charge in [-0.3, -0.25) is 4.79 Å². The highest BCUT2D eigenvalue weighted by Crippen LogP contribution is 2.40. The van der Waals surface area contributed by atoms with Gasteiger partial charge in [0, 0.05) is 10.0 Å². The molecule has 0 bridgehead atoms. The first-order valence-electron chi connectivity index (χ1n) is 4.41. The summed E-state index contributed by atoms with van der Waals surface area (Å²) in [7, 11) is 1.07. The van der Waals surface area contributed by atoms with Crippen molar-refractivity contribution in [2.75, 3.05) is 7.11 Å². The third kappa shape index (κ3) is 3.36. The topological polar surface area (TPSA) is 46.5 Å². The normalized spacial score (nSPS) is 11.4. The molecule has 1 rings (SSSR count). The van der Waals surface area contributed by atoms with Crippen molar-refractivity contribution in [3.8, 4) is 5.75 Å². The van der Waals surface area contributed by atoms with E-state index in [1.807, 2.05) is 0 Å². The van der Waals surface area contributed by atoms with Crippen LogP contribution in [0.3, 0.4) is 0 Å². The summed E-state index contributed by atoms with van der Waals surface area (Å²) in [6.07, 6.45) is -5.13. The summed E-state index contributed by atoms with van der Waals surface area (Å²) in [5, 5.41) is 8.62. The van der Waals surface area contributed by atoms with Gasteiger partial charge in [0.15, 0.2) is 0 Å². The molecule has 1 aromatic carbocycles. The summed E-state index contributed by atoms with van der Waals surface area (Å²) in [6, 6.07) is 2.15. The minimum atomic E-state index is -4.59. The van der Waals surface area contributed by atoms with Crippen molar-refractivity contribution in [3.05, 3.63) is 27.7 Å². The van der Waals surface area contributed by atoms with Crippen LogP contribution >= 0.6 is 15.9 Å². The van der Waals surface area contributed by atoms with E-state index >= 15 is 0 Å². The number of benzene rings is 1. The molecule has 0 aromatic heterocycles. The van der Waals surface area contributed by atoms with Crippen molar-refractivity contribution < 1.29 is 27.8 Å². The lowest BCUT2D eigenvalue weighted by atomic mass is 10.1. The van der Waals surface area contributed by atoms with Crippen LogP contribution in [0.1, 0.15) is 11.1 Å². The van der Waals surface area contributed by atoms with Crippen LogP contribution in [0, 0.1) is 0 Å². The zero-order valence-corrected chi connectivity index (χ0v) is 10.2. The van der Waals surface area contributed by atoms with E-state index in [1.165, 1.54) is 6.07 Å². The van der Waals surface area contributed by atoms with Crippen LogP contribution in [0.2, 0.25) is 0 Å². The molecule has 0 fully saturated rings. The molecule has 7 heteroatoms. The maximum atomic E-state index is 12.7. The number of carboxylic acids is 1. The fourth-order valence-corrected chi connectivity index (χ4v) is 1.90. The fourth-order valence-electron chi connectivity index (χ4n) is 1.40. The summed E-state index contributed by atoms with van der Waals surface area (Å²) >= 11 is 2.91. The van der Waals surface area contributed by atoms with Crippen molar-refractivity contribution in [1.82, 2.24) is 0 Å². The number of aliphatic carboxylic acids is 1. The van der Waals surface area contributed by atoms with E-state index in [9.17, 15) is 18.0 Å². The lowest BCUT2D eigenvalue weighted by molar-refractivity contribution is -0.139. The van der Waals surface area contributed by atoms with Gasteiger partial charge in [-0.1, -0.05) is 15.9 Å². The Morgan fingerprint density at radius 3 is 2.47 bits per heavy atom. The molecule has 0 amide bonds. The van der Waals surface area contributed by atoms with Crippen molar-refractivity contribution in [3.63, 3.8) is 0 Å². The molecule has 0 aliphatic rings. The van der Waals surface area contributed by atoms with E-state index < -0.39 is 29.9 Å². The Kier molecular flexibility index (Phi) is 4.03. The van der Waals surface area contributed by atoms with Crippen LogP contribution in [0.5, 0.6) is 5.75 Å². The monoisotopic (exact) mass is 312 g/mol. The number of halogens is 4. The maximum Gasteiger partial charge on any atom is 0.420 e. The number of hydrogen-bond donors (Lipinski definition) is 1. The van der Waals surface area contributed by atoms with Crippen molar-refractivity contribution in [1.29, 1.82) is 0 Å². The molecule has 0 aliphatic carbocycles. The lowest BCUT2D eigenvalue weighted by Gasteiger charge is -2.15. The highest BCUT2D eigenvalue weighted by atomic mass is 79.9. The first kappa shape index (κ1) is 13.8. The van der Waals surface area contributed by atoms with Crippen molar-refractivity contribution in [2.45, 2.75) is 12.6 Å². The van der Waals surface area contributed by atoms with Gasteiger partial charge < -0.3 is 9.84 Å². The molecule has 0 aliphatic heterocycles. The standard InChI is InChI=1S/C10H8BrF3O3/c1-17-9-5(3-8(15)16)2-6(11)4-7(9)10(12,13)14/h2,4H,3H2,1H3,(H,15,16). The van der Waals surface area contributed by atoms with Crippen LogP contribution in [0.15, 0.2) is 16.6 Å². The molecule has 0 atom stereocenters. The Hall–Kier alpha value is -1.24. The van der Waals surface area contributed by atoms with Gasteiger partial charge in [0.2, 0.25) is 0 Å². The maximum absolute atomic E-state index is 12.7. The molecule has 0 radical (unpaired) electrons. The molecule has 94 valence electrons. The number of hydrogen-bond acceptors (Lipinski definition) is 2. The number of methoxy groups -OCH3 is 1. The zero-order chi connectivity index (χ0) is 13.2. The summed E-state index contributed by atoms with van der Waals surface area (Å²) in [5.41, 5.74) is -1.02. The average Bonchev–Trinajstić information content (AvgIpc) is 2.14. The van der Waals surface area contributed by atoms with Gasteiger partial charge in [0.05, 0.1) is 19.1 Å². The Morgan fingerprint density at radius 1 is 1.47 bits per heavy atom. The van der Waals surface area contributed by atoms with E-state index in [1.54, 1.807) is 0 Å². The number of alkyl halides is 3. The van der Waals surface area contributed by atoms with Crippen molar-refractivity contribution in [2.24, 2.45) is 0 Å². The van der Waals surface area contributed by atoms with Gasteiger partial charge >= 0.3 is 12.1 Å². The Bertz CT molecular complexity index is 443. The van der Waals surface area contributed by atoms with Gasteiger partial charge in [-0.2, -0.15) is 13.2 Å². The van der Waals surface area contributed by atoms with E-state index in [-0.39, 0.29) is 10.0 Å². The molecular formula is C10H8BrF3O3. The largest absolute Gasteiger partial charge is 0.496 e. The predicted molar refractivity (Wildman–Crippen MR) is 57.0 cm³/mol. The van der Waals surface area contributed by atoms with E-state index in [2.05, 4.69) is 20.7 Å². The second-order valence-corrected chi connectivity index (χ2v) is 4.13. The molecule has 0 heterocycles. The van der Waals surface area contributed by atoms with E-state index in [0.717, 1.165) is 13.2 Å². The van der Waals surface area contributed by atoms with Crippen LogP contribution in [0.25, 0.3) is 0 Å². The molecule has 0 spiro atoms. The highest BCUT2D eigenvalue weighted by molar-refractivity contribution is 9.10. The lowest BCUT2D eigenvalue weighted by Crippen LogP contribution is -2.11. The summed E-state index contributed by atoms with van der Waals surface area (Å²) in [4.78, 5) is 10.6. The zero-order valence-electron chi connectivity index (χ0n) is 8.64. The number of ether oxygens (including phenoxy) is 1. The summed E-state index contributed by atoms with van der Waals surface area (Å²) in [5.74, 6) is -1.68. The molecular weight excluding hydrogens is 305 g/mol. The van der Waals surface area contributed by atoms with Crippen LogP contribution < -0.4 is 4.74 Å². The summed E-state index contributed by atoms with van der Waals surface area (Å²) < 4.78 is 42.9. The number of carboxylic acid groups (broad SMARTS) is 1. The number of rotatable bonds is 3. The van der Waals surface area contributed by atoms with Crippen LogP contribution in [0.4, 0.5) is 13.2 Å². The minimum absolute atomic E-state index is 0.0262. The second kappa shape index (κ2) is 4.95. The Labute approximate surface area is 103 Å². The summed E-state index contributed by atoms with van der Waals surface area (Å²) in [6.45, 7) is 0. The highest BCUT2D eigenvalue weighted by Gasteiger charge is 2.36. The molecule has 17 heavy (non-hydrogen) atoms. The van der Waals surface area contributed by atoms with Crippen molar-refractivity contribution >= 4 is 21.9 Å². The quantitative estimate of drug-likeness (QED) is 0.933. The van der Waals surface area contributed by atoms with Gasteiger partial charge in [0.25, 0.3) is 0 Å². The molecule has 0 unspecified atom stereocenters. The molecule has 3 nitrogen and oxygen atoms in total. The van der Waals surface area contributed by atoms with E-state index in [4.69, 9.17) is 5.11 Å². The third-order valence-corrected chi connectivity index (χ3v) is 2.44. The Morgan fingerprint density at radius 2 is 2.06 bits per heavy atom.